The van der Waals surface area contributed by atoms with Crippen LogP contribution in [0.15, 0.2) is 17.5 Å². The molecule has 4 heteroatoms. The Bertz CT molecular complexity index is 323. The van der Waals surface area contributed by atoms with Crippen molar-refractivity contribution in [2.45, 2.75) is 51.2 Å². The Kier molecular flexibility index (Phi) is 5.63. The minimum absolute atomic E-state index is 0.132. The quantitative estimate of drug-likeness (QED) is 0.615. The molecule has 2 rings (SSSR count). The van der Waals surface area contributed by atoms with Gasteiger partial charge in [0.25, 0.3) is 0 Å². The van der Waals surface area contributed by atoms with Crippen LogP contribution in [-0.2, 0) is 4.74 Å². The zero-order valence-electron chi connectivity index (χ0n) is 11.1. The highest BCUT2D eigenvalue weighted by atomic mass is 32.1. The molecule has 0 amide bonds. The first-order valence-corrected chi connectivity index (χ1v) is 7.86. The van der Waals surface area contributed by atoms with Crippen LogP contribution < -0.4 is 11.3 Å². The molecule has 0 bridgehead atoms. The maximum Gasteiger partial charge on any atom is 0.0818 e. The fraction of sp³-hybridized carbons (Fsp3) is 0.714. The fourth-order valence-electron chi connectivity index (χ4n) is 2.97. The van der Waals surface area contributed by atoms with Gasteiger partial charge in [-0.15, -0.1) is 11.3 Å². The van der Waals surface area contributed by atoms with E-state index in [1.165, 1.54) is 37.0 Å². The van der Waals surface area contributed by atoms with Crippen LogP contribution in [0.4, 0.5) is 0 Å². The van der Waals surface area contributed by atoms with Crippen LogP contribution in [0.5, 0.6) is 0 Å². The minimum atomic E-state index is 0.132. The Hall–Kier alpha value is -0.420. The van der Waals surface area contributed by atoms with E-state index < -0.39 is 0 Å². The van der Waals surface area contributed by atoms with Crippen molar-refractivity contribution in [3.8, 4) is 0 Å². The lowest BCUT2D eigenvalue weighted by atomic mass is 9.82. The van der Waals surface area contributed by atoms with Gasteiger partial charge in [-0.1, -0.05) is 25.3 Å². The average Bonchev–Trinajstić information content (AvgIpc) is 2.94. The number of hydrazine groups is 1. The van der Waals surface area contributed by atoms with E-state index in [0.29, 0.717) is 5.92 Å². The lowest BCUT2D eigenvalue weighted by Crippen LogP contribution is -2.42. The van der Waals surface area contributed by atoms with E-state index in [9.17, 15) is 0 Å². The van der Waals surface area contributed by atoms with Gasteiger partial charge in [-0.2, -0.15) is 0 Å². The van der Waals surface area contributed by atoms with E-state index in [0.717, 1.165) is 6.61 Å². The number of nitrogens with one attached hydrogen (secondary N) is 1. The Balaban J connectivity index is 2.11. The Morgan fingerprint density at radius 2 is 2.22 bits per heavy atom. The Morgan fingerprint density at radius 3 is 2.78 bits per heavy atom. The number of hydrogen-bond donors (Lipinski definition) is 2. The zero-order valence-corrected chi connectivity index (χ0v) is 11.9. The second kappa shape index (κ2) is 7.24. The van der Waals surface area contributed by atoms with Gasteiger partial charge in [-0.05, 0) is 37.1 Å². The largest absolute Gasteiger partial charge is 0.376 e. The van der Waals surface area contributed by atoms with Crippen LogP contribution >= 0.6 is 11.3 Å². The molecule has 3 nitrogen and oxygen atoms in total. The number of rotatable bonds is 6. The topological polar surface area (TPSA) is 47.3 Å². The van der Waals surface area contributed by atoms with Crippen LogP contribution in [0.1, 0.15) is 49.9 Å². The summed E-state index contributed by atoms with van der Waals surface area (Å²) < 4.78 is 6.02. The molecule has 3 N–H and O–H groups in total. The third kappa shape index (κ3) is 3.32. The maximum absolute atomic E-state index is 6.02. The Morgan fingerprint density at radius 1 is 1.44 bits per heavy atom. The van der Waals surface area contributed by atoms with Crippen LogP contribution in [0.3, 0.4) is 0 Å². The monoisotopic (exact) mass is 268 g/mol. The molecule has 0 spiro atoms. The van der Waals surface area contributed by atoms with Gasteiger partial charge in [0.15, 0.2) is 0 Å². The SMILES string of the molecule is CCOC(C1CCCCC1)C(NN)c1cccs1. The lowest BCUT2D eigenvalue weighted by Gasteiger charge is -2.34. The van der Waals surface area contributed by atoms with Gasteiger partial charge >= 0.3 is 0 Å². The van der Waals surface area contributed by atoms with E-state index in [2.05, 4.69) is 29.9 Å². The maximum atomic E-state index is 6.02. The minimum Gasteiger partial charge on any atom is -0.376 e. The molecule has 0 aliphatic heterocycles. The first-order valence-electron chi connectivity index (χ1n) is 6.98. The summed E-state index contributed by atoms with van der Waals surface area (Å²) in [5.74, 6) is 6.42. The normalized spacial score (nSPS) is 20.8. The van der Waals surface area contributed by atoms with E-state index in [4.69, 9.17) is 10.6 Å². The first kappa shape index (κ1) is 14.0. The van der Waals surface area contributed by atoms with Crippen LogP contribution in [0.2, 0.25) is 0 Å². The summed E-state index contributed by atoms with van der Waals surface area (Å²) in [4.78, 5) is 1.28. The van der Waals surface area contributed by atoms with E-state index in [1.54, 1.807) is 11.3 Å². The van der Waals surface area contributed by atoms with Crippen molar-refractivity contribution < 1.29 is 4.74 Å². The van der Waals surface area contributed by atoms with Crippen molar-refractivity contribution in [2.24, 2.45) is 11.8 Å². The number of hydrogen-bond acceptors (Lipinski definition) is 4. The van der Waals surface area contributed by atoms with Crippen molar-refractivity contribution >= 4 is 11.3 Å². The third-order valence-corrected chi connectivity index (χ3v) is 4.79. The van der Waals surface area contributed by atoms with Crippen molar-refractivity contribution in [1.29, 1.82) is 0 Å². The average molecular weight is 268 g/mol. The van der Waals surface area contributed by atoms with E-state index in [1.807, 2.05) is 0 Å². The first-order chi connectivity index (χ1) is 8.86. The molecular weight excluding hydrogens is 244 g/mol. The summed E-state index contributed by atoms with van der Waals surface area (Å²) in [6, 6.07) is 4.35. The summed E-state index contributed by atoms with van der Waals surface area (Å²) in [5, 5.41) is 2.10. The molecule has 18 heavy (non-hydrogen) atoms. The summed E-state index contributed by atoms with van der Waals surface area (Å²) in [6.07, 6.45) is 6.78. The molecule has 1 aliphatic carbocycles. The molecule has 1 aromatic rings. The van der Waals surface area contributed by atoms with Crippen molar-refractivity contribution in [3.05, 3.63) is 22.4 Å². The number of ether oxygens (including phenoxy) is 1. The molecular formula is C14H24N2OS. The molecule has 0 saturated heterocycles. The smallest absolute Gasteiger partial charge is 0.0818 e. The molecule has 102 valence electrons. The summed E-state index contributed by atoms with van der Waals surface area (Å²) in [5.41, 5.74) is 2.97. The second-order valence-corrected chi connectivity index (χ2v) is 5.96. The van der Waals surface area contributed by atoms with Crippen molar-refractivity contribution in [2.75, 3.05) is 6.61 Å². The summed E-state index contributed by atoms with van der Waals surface area (Å²) in [7, 11) is 0. The van der Waals surface area contributed by atoms with Crippen molar-refractivity contribution in [3.63, 3.8) is 0 Å². The van der Waals surface area contributed by atoms with Gasteiger partial charge in [-0.3, -0.25) is 5.84 Å². The molecule has 0 aromatic carbocycles. The zero-order chi connectivity index (χ0) is 12.8. The van der Waals surface area contributed by atoms with Crippen LogP contribution in [0.25, 0.3) is 0 Å². The van der Waals surface area contributed by atoms with Crippen LogP contribution in [0, 0.1) is 5.92 Å². The van der Waals surface area contributed by atoms with Gasteiger partial charge in [0.2, 0.25) is 0 Å². The van der Waals surface area contributed by atoms with Gasteiger partial charge in [-0.25, -0.2) is 5.43 Å². The highest BCUT2D eigenvalue weighted by Gasteiger charge is 2.32. The molecule has 2 unspecified atom stereocenters. The van der Waals surface area contributed by atoms with E-state index in [-0.39, 0.29) is 12.1 Å². The predicted octanol–water partition coefficient (Wildman–Crippen LogP) is 3.24. The Labute approximate surface area is 114 Å². The third-order valence-electron chi connectivity index (χ3n) is 3.83. The lowest BCUT2D eigenvalue weighted by molar-refractivity contribution is -0.0176. The second-order valence-electron chi connectivity index (χ2n) is 4.98. The van der Waals surface area contributed by atoms with Crippen LogP contribution in [-0.4, -0.2) is 12.7 Å². The molecule has 2 atom stereocenters. The molecule has 0 radical (unpaired) electrons. The molecule has 1 aromatic heterocycles. The van der Waals surface area contributed by atoms with Crippen molar-refractivity contribution in [1.82, 2.24) is 5.43 Å². The van der Waals surface area contributed by atoms with Gasteiger partial charge in [0.05, 0.1) is 12.1 Å². The molecule has 1 fully saturated rings. The number of thiophene rings is 1. The van der Waals surface area contributed by atoms with Gasteiger partial charge < -0.3 is 4.74 Å². The summed E-state index contributed by atoms with van der Waals surface area (Å²) >= 11 is 1.75. The predicted molar refractivity (Wildman–Crippen MR) is 76.4 cm³/mol. The van der Waals surface area contributed by atoms with Gasteiger partial charge in [0.1, 0.15) is 0 Å². The number of nitrogens with two attached hydrogens (primary N) is 1. The molecule has 1 saturated carbocycles. The standard InChI is InChI=1S/C14H24N2OS/c1-2-17-14(11-7-4-3-5-8-11)13(16-15)12-9-6-10-18-12/h6,9-11,13-14,16H,2-5,7-8,15H2,1H3. The van der Waals surface area contributed by atoms with Gasteiger partial charge in [0, 0.05) is 11.5 Å². The van der Waals surface area contributed by atoms with E-state index >= 15 is 0 Å². The summed E-state index contributed by atoms with van der Waals surface area (Å²) in [6.45, 7) is 2.82. The highest BCUT2D eigenvalue weighted by Crippen LogP contribution is 2.35. The fourth-order valence-corrected chi connectivity index (χ4v) is 3.79. The highest BCUT2D eigenvalue weighted by molar-refractivity contribution is 7.10. The molecule has 1 heterocycles. The molecule has 1 aliphatic rings.